The van der Waals surface area contributed by atoms with E-state index >= 15 is 0 Å². The number of carboxylic acid groups (broad SMARTS) is 1. The van der Waals surface area contributed by atoms with Crippen LogP contribution in [0.25, 0.3) is 0 Å². The molecule has 0 aromatic heterocycles. The molecule has 0 radical (unpaired) electrons. The van der Waals surface area contributed by atoms with E-state index in [4.69, 9.17) is 14.6 Å². The van der Waals surface area contributed by atoms with Gasteiger partial charge < -0.3 is 14.6 Å². The molecule has 0 aliphatic rings. The molecule has 2 N–H and O–H groups in total. The standard InChI is InChI=1S/C22H19BrN2O4/c1-28-21-12-16(13-24-25-19-9-5-17(6-10-19)22(26)27)4-11-20(21)29-14-15-2-7-18(23)8-3-15/h2-13,25H,14H2,1H3,(H,26,27). The predicted molar refractivity (Wildman–Crippen MR) is 116 cm³/mol. The van der Waals surface area contributed by atoms with Gasteiger partial charge in [0.05, 0.1) is 24.6 Å². The third kappa shape index (κ3) is 5.83. The lowest BCUT2D eigenvalue weighted by atomic mass is 10.2. The molecule has 3 aromatic carbocycles. The second-order valence-electron chi connectivity index (χ2n) is 6.08. The molecular weight excluding hydrogens is 436 g/mol. The molecule has 0 bridgehead atoms. The first-order valence-electron chi connectivity index (χ1n) is 8.73. The van der Waals surface area contributed by atoms with Crippen LogP contribution in [0.15, 0.2) is 76.3 Å². The number of aromatic carboxylic acids is 1. The van der Waals surface area contributed by atoms with Gasteiger partial charge in [0.25, 0.3) is 0 Å². The second-order valence-corrected chi connectivity index (χ2v) is 6.99. The first-order valence-corrected chi connectivity index (χ1v) is 9.52. The number of hydrazone groups is 1. The Hall–Kier alpha value is -3.32. The van der Waals surface area contributed by atoms with Crippen molar-refractivity contribution in [3.63, 3.8) is 0 Å². The maximum Gasteiger partial charge on any atom is 0.335 e. The number of ether oxygens (including phenoxy) is 2. The van der Waals surface area contributed by atoms with E-state index in [1.165, 1.54) is 12.1 Å². The van der Waals surface area contributed by atoms with Crippen LogP contribution in [0.1, 0.15) is 21.5 Å². The highest BCUT2D eigenvalue weighted by Gasteiger charge is 2.06. The van der Waals surface area contributed by atoms with Gasteiger partial charge in [0.2, 0.25) is 0 Å². The first-order chi connectivity index (χ1) is 14.0. The van der Waals surface area contributed by atoms with E-state index < -0.39 is 5.97 Å². The predicted octanol–water partition coefficient (Wildman–Crippen LogP) is 5.18. The summed E-state index contributed by atoms with van der Waals surface area (Å²) >= 11 is 3.41. The highest BCUT2D eigenvalue weighted by Crippen LogP contribution is 2.28. The second kappa shape index (κ2) is 9.75. The number of carboxylic acids is 1. The fraction of sp³-hybridized carbons (Fsp3) is 0.0909. The van der Waals surface area contributed by atoms with E-state index in [1.54, 1.807) is 25.5 Å². The van der Waals surface area contributed by atoms with Gasteiger partial charge in [0.1, 0.15) is 6.61 Å². The van der Waals surface area contributed by atoms with Gasteiger partial charge in [-0.25, -0.2) is 4.79 Å². The molecule has 0 amide bonds. The van der Waals surface area contributed by atoms with Crippen molar-refractivity contribution in [2.24, 2.45) is 5.10 Å². The fourth-order valence-corrected chi connectivity index (χ4v) is 2.76. The van der Waals surface area contributed by atoms with Crippen LogP contribution < -0.4 is 14.9 Å². The number of hydrogen-bond donors (Lipinski definition) is 2. The van der Waals surface area contributed by atoms with Crippen LogP contribution in [0.5, 0.6) is 11.5 Å². The van der Waals surface area contributed by atoms with Crippen molar-refractivity contribution in [3.05, 3.63) is 87.9 Å². The Balaban J connectivity index is 1.62. The summed E-state index contributed by atoms with van der Waals surface area (Å²) in [6.07, 6.45) is 1.64. The molecule has 0 saturated heterocycles. The van der Waals surface area contributed by atoms with Crippen molar-refractivity contribution in [2.75, 3.05) is 12.5 Å². The lowest BCUT2D eigenvalue weighted by Gasteiger charge is -2.11. The summed E-state index contributed by atoms with van der Waals surface area (Å²) in [4.78, 5) is 10.9. The minimum absolute atomic E-state index is 0.225. The molecule has 0 saturated carbocycles. The zero-order valence-corrected chi connectivity index (χ0v) is 17.2. The minimum atomic E-state index is -0.963. The molecule has 0 unspecified atom stereocenters. The maximum absolute atomic E-state index is 10.9. The van der Waals surface area contributed by atoms with Gasteiger partial charge in [-0.1, -0.05) is 28.1 Å². The molecule has 0 fully saturated rings. The Morgan fingerprint density at radius 1 is 1.07 bits per heavy atom. The molecule has 0 heterocycles. The number of rotatable bonds is 8. The van der Waals surface area contributed by atoms with Crippen LogP contribution in [0.2, 0.25) is 0 Å². The monoisotopic (exact) mass is 454 g/mol. The van der Waals surface area contributed by atoms with Gasteiger partial charge in [-0.15, -0.1) is 0 Å². The van der Waals surface area contributed by atoms with Crippen molar-refractivity contribution in [3.8, 4) is 11.5 Å². The summed E-state index contributed by atoms with van der Waals surface area (Å²) in [7, 11) is 1.59. The Bertz CT molecular complexity index is 1000. The maximum atomic E-state index is 10.9. The van der Waals surface area contributed by atoms with Crippen LogP contribution in [0.3, 0.4) is 0 Å². The van der Waals surface area contributed by atoms with Crippen molar-refractivity contribution in [2.45, 2.75) is 6.61 Å². The van der Waals surface area contributed by atoms with Gasteiger partial charge in [-0.05, 0) is 65.7 Å². The van der Waals surface area contributed by atoms with Crippen LogP contribution in [0.4, 0.5) is 5.69 Å². The molecule has 148 valence electrons. The summed E-state index contributed by atoms with van der Waals surface area (Å²) in [6, 6.07) is 19.8. The molecule has 0 spiro atoms. The topological polar surface area (TPSA) is 80.2 Å². The summed E-state index contributed by atoms with van der Waals surface area (Å²) in [6.45, 7) is 0.435. The Morgan fingerprint density at radius 3 is 2.45 bits per heavy atom. The summed E-state index contributed by atoms with van der Waals surface area (Å²) in [5.74, 6) is 0.288. The number of nitrogens with zero attached hydrogens (tertiary/aromatic N) is 1. The van der Waals surface area contributed by atoms with Gasteiger partial charge >= 0.3 is 5.97 Å². The molecule has 7 heteroatoms. The van der Waals surface area contributed by atoms with E-state index in [0.717, 1.165) is 15.6 Å². The van der Waals surface area contributed by atoms with Gasteiger partial charge in [0, 0.05) is 4.47 Å². The average molecular weight is 455 g/mol. The van der Waals surface area contributed by atoms with Crippen molar-refractivity contribution in [1.29, 1.82) is 0 Å². The SMILES string of the molecule is COc1cc(C=NNc2ccc(C(=O)O)cc2)ccc1OCc1ccc(Br)cc1. The largest absolute Gasteiger partial charge is 0.493 e. The zero-order valence-electron chi connectivity index (χ0n) is 15.6. The van der Waals surface area contributed by atoms with E-state index in [9.17, 15) is 4.79 Å². The zero-order chi connectivity index (χ0) is 20.6. The van der Waals surface area contributed by atoms with E-state index in [-0.39, 0.29) is 5.56 Å². The molecular formula is C22H19BrN2O4. The smallest absolute Gasteiger partial charge is 0.335 e. The minimum Gasteiger partial charge on any atom is -0.493 e. The molecule has 3 rings (SSSR count). The molecule has 0 atom stereocenters. The number of methoxy groups -OCH3 is 1. The molecule has 3 aromatic rings. The lowest BCUT2D eigenvalue weighted by Crippen LogP contribution is -1.99. The van der Waals surface area contributed by atoms with Gasteiger partial charge in [0.15, 0.2) is 11.5 Å². The quantitative estimate of drug-likeness (QED) is 0.362. The molecule has 6 nitrogen and oxygen atoms in total. The molecule has 0 aliphatic carbocycles. The Morgan fingerprint density at radius 2 is 1.79 bits per heavy atom. The van der Waals surface area contributed by atoms with E-state index in [0.29, 0.717) is 23.8 Å². The number of hydrogen-bond acceptors (Lipinski definition) is 5. The highest BCUT2D eigenvalue weighted by molar-refractivity contribution is 9.10. The number of anilines is 1. The molecule has 0 aliphatic heterocycles. The third-order valence-corrected chi connectivity index (χ3v) is 4.56. The number of nitrogens with one attached hydrogen (secondary N) is 1. The summed E-state index contributed by atoms with van der Waals surface area (Å²) in [5, 5.41) is 13.1. The average Bonchev–Trinajstić information content (AvgIpc) is 2.74. The van der Waals surface area contributed by atoms with E-state index in [1.807, 2.05) is 42.5 Å². The number of halogens is 1. The first kappa shape index (κ1) is 20.4. The number of carbonyl (C=O) groups is 1. The van der Waals surface area contributed by atoms with Gasteiger partial charge in [-0.3, -0.25) is 5.43 Å². The normalized spacial score (nSPS) is 10.7. The van der Waals surface area contributed by atoms with Gasteiger partial charge in [-0.2, -0.15) is 5.10 Å². The summed E-state index contributed by atoms with van der Waals surface area (Å²) < 4.78 is 12.3. The molecule has 29 heavy (non-hydrogen) atoms. The Labute approximate surface area is 176 Å². The van der Waals surface area contributed by atoms with Crippen LogP contribution in [0, 0.1) is 0 Å². The van der Waals surface area contributed by atoms with Crippen molar-refractivity contribution < 1.29 is 19.4 Å². The Kier molecular flexibility index (Phi) is 6.86. The van der Waals surface area contributed by atoms with Crippen molar-refractivity contribution >= 4 is 33.8 Å². The lowest BCUT2D eigenvalue weighted by molar-refractivity contribution is 0.0697. The van der Waals surface area contributed by atoms with Crippen molar-refractivity contribution in [1.82, 2.24) is 0 Å². The summed E-state index contributed by atoms with van der Waals surface area (Å²) in [5.41, 5.74) is 5.66. The van der Waals surface area contributed by atoms with E-state index in [2.05, 4.69) is 26.5 Å². The van der Waals surface area contributed by atoms with Crippen LogP contribution in [-0.4, -0.2) is 24.4 Å². The number of benzene rings is 3. The highest BCUT2D eigenvalue weighted by atomic mass is 79.9. The third-order valence-electron chi connectivity index (χ3n) is 4.03. The fourth-order valence-electron chi connectivity index (χ4n) is 2.49. The van der Waals surface area contributed by atoms with Crippen LogP contribution >= 0.6 is 15.9 Å². The van der Waals surface area contributed by atoms with Crippen LogP contribution in [-0.2, 0) is 6.61 Å².